The monoisotopic (exact) mass is 512 g/mol. The molecule has 0 saturated heterocycles. The van der Waals surface area contributed by atoms with Gasteiger partial charge in [0.05, 0.1) is 0 Å². The van der Waals surface area contributed by atoms with Crippen molar-refractivity contribution in [2.45, 2.75) is 40.5 Å². The van der Waals surface area contributed by atoms with E-state index in [1.165, 1.54) is 22.3 Å². The predicted octanol–water partition coefficient (Wildman–Crippen LogP) is 7.12. The van der Waals surface area contributed by atoms with Crippen LogP contribution in [-0.2, 0) is 21.1 Å². The number of benzene rings is 2. The Bertz CT molecular complexity index is 1230. The average molecular weight is 514 g/mol. The molecule has 164 valence electrons. The maximum atomic E-state index is 9.44. The molecule has 0 radical (unpaired) electrons. The molecule has 0 N–H and O–H groups in total. The Morgan fingerprint density at radius 2 is 1.12 bits per heavy atom. The van der Waals surface area contributed by atoms with E-state index < -0.39 is 21.1 Å². The van der Waals surface area contributed by atoms with Gasteiger partial charge in [0.2, 0.25) is 0 Å². The third kappa shape index (κ3) is 4.39. The molecule has 0 amide bonds. The molecule has 33 heavy (non-hydrogen) atoms. The first kappa shape index (κ1) is 23.0. The average Bonchev–Trinajstić information content (AvgIpc) is 3.35. The first-order valence-electron chi connectivity index (χ1n) is 11.0. The topological polar surface area (TPSA) is 66.0 Å². The van der Waals surface area contributed by atoms with Gasteiger partial charge in [-0.2, -0.15) is 0 Å². The Labute approximate surface area is 201 Å². The van der Waals surface area contributed by atoms with Gasteiger partial charge in [0, 0.05) is 0 Å². The maximum absolute atomic E-state index is 9.44. The normalized spacial score (nSPS) is 15.7. The van der Waals surface area contributed by atoms with Gasteiger partial charge in [-0.1, -0.05) is 0 Å². The molecule has 5 heteroatoms. The zero-order valence-electron chi connectivity index (χ0n) is 19.4. The Morgan fingerprint density at radius 3 is 1.45 bits per heavy atom. The van der Waals surface area contributed by atoms with Crippen LogP contribution < -0.4 is 5.63 Å². The van der Waals surface area contributed by atoms with Gasteiger partial charge >= 0.3 is 202 Å². The summed E-state index contributed by atoms with van der Waals surface area (Å²) in [5, 5.41) is 18.9. The molecule has 0 aromatic heterocycles. The Kier molecular flexibility index (Phi) is 6.55. The molecule has 0 aliphatic heterocycles. The van der Waals surface area contributed by atoms with E-state index >= 15 is 0 Å². The molecule has 0 heterocycles. The number of nitriles is 2. The van der Waals surface area contributed by atoms with Gasteiger partial charge in [-0.3, -0.25) is 0 Å². The second-order valence-corrected chi connectivity index (χ2v) is 15.2. The van der Waals surface area contributed by atoms with Gasteiger partial charge in [0.1, 0.15) is 0 Å². The zero-order valence-corrected chi connectivity index (χ0v) is 21.9. The second-order valence-electron chi connectivity index (χ2n) is 8.55. The summed E-state index contributed by atoms with van der Waals surface area (Å²) >= 11 is -4.35. The molecule has 0 unspecified atom stereocenters. The summed E-state index contributed by atoms with van der Waals surface area (Å²) in [5.41, 5.74) is 6.16. The fourth-order valence-electron chi connectivity index (χ4n) is 4.32. The van der Waals surface area contributed by atoms with E-state index in [9.17, 15) is 10.5 Å². The molecule has 2 aliphatic carbocycles. The number of rotatable bonds is 6. The number of hydrogen-bond acceptors (Lipinski definition) is 4. The van der Waals surface area contributed by atoms with Crippen molar-refractivity contribution in [1.29, 1.82) is 10.5 Å². The Hall–Kier alpha value is -3.14. The summed E-state index contributed by atoms with van der Waals surface area (Å²) in [6.45, 7) is 8.59. The number of hydrogen-bond donors (Lipinski definition) is 0. The SMILES string of the molecule is CC1=C(C)[C]([Zr]([O]c2cccc(C#N)c2)([O]c2cccc(C#N)c2)[C]2=CCC(C)=C2C)=CC1. The van der Waals surface area contributed by atoms with Crippen LogP contribution in [0.3, 0.4) is 0 Å². The summed E-state index contributed by atoms with van der Waals surface area (Å²) in [7, 11) is 0. The van der Waals surface area contributed by atoms with Crippen LogP contribution >= 0.6 is 0 Å². The van der Waals surface area contributed by atoms with Crippen molar-refractivity contribution in [2.24, 2.45) is 0 Å². The third-order valence-electron chi connectivity index (χ3n) is 6.47. The third-order valence-corrected chi connectivity index (χ3v) is 15.4. The van der Waals surface area contributed by atoms with E-state index in [0.29, 0.717) is 22.6 Å². The van der Waals surface area contributed by atoms with Crippen LogP contribution in [0.1, 0.15) is 51.7 Å². The van der Waals surface area contributed by atoms with Crippen molar-refractivity contribution in [3.8, 4) is 23.6 Å². The quantitative estimate of drug-likeness (QED) is 0.412. The first-order valence-corrected chi connectivity index (χ1v) is 15.5. The van der Waals surface area contributed by atoms with Crippen LogP contribution in [0.2, 0.25) is 0 Å². The van der Waals surface area contributed by atoms with Gasteiger partial charge in [-0.25, -0.2) is 0 Å². The first-order chi connectivity index (χ1) is 15.9. The van der Waals surface area contributed by atoms with Crippen molar-refractivity contribution < 1.29 is 26.8 Å². The number of nitrogens with zero attached hydrogens (tertiary/aromatic N) is 2. The number of allylic oxidation sites excluding steroid dienone is 8. The van der Waals surface area contributed by atoms with Crippen LogP contribution in [-0.4, -0.2) is 0 Å². The molecular weight excluding hydrogens is 488 g/mol. The molecule has 4 nitrogen and oxygen atoms in total. The summed E-state index contributed by atoms with van der Waals surface area (Å²) in [6.07, 6.45) is 6.26. The minimum absolute atomic E-state index is 0.548. The molecule has 0 fully saturated rings. The summed E-state index contributed by atoms with van der Waals surface area (Å²) in [5.74, 6) is 1.27. The van der Waals surface area contributed by atoms with E-state index in [-0.39, 0.29) is 0 Å². The van der Waals surface area contributed by atoms with Crippen LogP contribution in [0.15, 0.2) is 89.5 Å². The molecular formula is C28H26N2O2Zr. The van der Waals surface area contributed by atoms with Crippen molar-refractivity contribution in [2.75, 3.05) is 0 Å². The molecule has 2 aliphatic rings. The summed E-state index contributed by atoms with van der Waals surface area (Å²) in [6, 6.07) is 19.0. The second kappa shape index (κ2) is 9.39. The van der Waals surface area contributed by atoms with Crippen molar-refractivity contribution >= 4 is 0 Å². The van der Waals surface area contributed by atoms with Crippen LogP contribution in [0.5, 0.6) is 11.5 Å². The van der Waals surface area contributed by atoms with Crippen LogP contribution in [0, 0.1) is 22.7 Å². The van der Waals surface area contributed by atoms with Crippen molar-refractivity contribution in [1.82, 2.24) is 0 Å². The van der Waals surface area contributed by atoms with Crippen molar-refractivity contribution in [3.05, 3.63) is 101 Å². The standard InChI is InChI=1S/2C7H5NO.2C7H9.Zr/c2*8-5-6-2-1-3-7(9)4-6;2*1-6-4-3-5-7(6)2;/h2*1-4,9H;2*3H,4H2,1-2H3;/q;;;;+2/p-2. The Balaban J connectivity index is 1.95. The molecule has 0 bridgehead atoms. The summed E-state index contributed by atoms with van der Waals surface area (Å²) < 4.78 is 16.3. The van der Waals surface area contributed by atoms with Gasteiger partial charge in [-0.05, 0) is 0 Å². The van der Waals surface area contributed by atoms with Gasteiger partial charge in [0.25, 0.3) is 0 Å². The zero-order chi connectivity index (χ0) is 23.6. The van der Waals surface area contributed by atoms with Gasteiger partial charge < -0.3 is 0 Å². The summed E-state index contributed by atoms with van der Waals surface area (Å²) in [4.78, 5) is 0. The van der Waals surface area contributed by atoms with E-state index in [1.807, 2.05) is 24.3 Å². The molecule has 0 spiro atoms. The predicted molar refractivity (Wildman–Crippen MR) is 126 cm³/mol. The van der Waals surface area contributed by atoms with E-state index in [0.717, 1.165) is 19.4 Å². The molecule has 2 aromatic rings. The fourth-order valence-corrected chi connectivity index (χ4v) is 13.8. The minimum atomic E-state index is -4.35. The van der Waals surface area contributed by atoms with Crippen molar-refractivity contribution in [3.63, 3.8) is 0 Å². The van der Waals surface area contributed by atoms with Crippen LogP contribution in [0.4, 0.5) is 0 Å². The van der Waals surface area contributed by atoms with E-state index in [2.05, 4.69) is 52.0 Å². The van der Waals surface area contributed by atoms with Crippen LogP contribution in [0.25, 0.3) is 0 Å². The molecule has 0 atom stereocenters. The molecule has 2 aromatic carbocycles. The van der Waals surface area contributed by atoms with Gasteiger partial charge in [-0.15, -0.1) is 0 Å². The Morgan fingerprint density at radius 1 is 0.697 bits per heavy atom. The molecule has 0 saturated carbocycles. The van der Waals surface area contributed by atoms with E-state index in [4.69, 9.17) is 5.63 Å². The van der Waals surface area contributed by atoms with E-state index in [1.54, 1.807) is 24.3 Å². The van der Waals surface area contributed by atoms with Gasteiger partial charge in [0.15, 0.2) is 0 Å². The fraction of sp³-hybridized carbons (Fsp3) is 0.214. The molecule has 4 rings (SSSR count).